The minimum atomic E-state index is -0.440. The zero-order valence-electron chi connectivity index (χ0n) is 8.76. The van der Waals surface area contributed by atoms with Crippen molar-refractivity contribution in [1.82, 2.24) is 5.73 Å². The Balaban J connectivity index is 2.30. The van der Waals surface area contributed by atoms with Crippen molar-refractivity contribution in [2.24, 2.45) is 0 Å². The van der Waals surface area contributed by atoms with Gasteiger partial charge in [0.15, 0.2) is 5.78 Å². The second-order valence-electron chi connectivity index (χ2n) is 3.52. The van der Waals surface area contributed by atoms with E-state index < -0.39 is 6.54 Å². The molecule has 78 valence electrons. The third kappa shape index (κ3) is 2.18. The molecule has 2 aromatic rings. The summed E-state index contributed by atoms with van der Waals surface area (Å²) in [4.78, 5) is 11.2. The first-order chi connectivity index (χ1) is 7.81. The molecule has 0 heterocycles. The van der Waals surface area contributed by atoms with Crippen LogP contribution in [-0.4, -0.2) is 12.3 Å². The minimum absolute atomic E-state index is 0.250. The second kappa shape index (κ2) is 4.73. The van der Waals surface area contributed by atoms with Crippen molar-refractivity contribution in [2.45, 2.75) is 0 Å². The Morgan fingerprint density at radius 2 is 1.44 bits per heavy atom. The molecule has 0 atom stereocenters. The lowest BCUT2D eigenvalue weighted by Crippen LogP contribution is -2.05. The molecule has 0 bridgehead atoms. The fourth-order valence-electron chi connectivity index (χ4n) is 1.57. The van der Waals surface area contributed by atoms with Gasteiger partial charge in [-0.2, -0.15) is 0 Å². The molecule has 2 aromatic carbocycles. The van der Waals surface area contributed by atoms with Crippen LogP contribution in [-0.2, 0) is 0 Å². The maximum Gasteiger partial charge on any atom is 0.179 e. The summed E-state index contributed by atoms with van der Waals surface area (Å²) in [5, 5.41) is 0. The van der Waals surface area contributed by atoms with E-state index in [1.165, 1.54) is 0 Å². The molecule has 0 aromatic heterocycles. The Bertz CT molecular complexity index is 474. The normalized spacial score (nSPS) is 10.1. The van der Waals surface area contributed by atoms with Crippen LogP contribution in [0.15, 0.2) is 54.6 Å². The quantitative estimate of drug-likeness (QED) is 0.716. The first kappa shape index (κ1) is 10.6. The molecule has 0 aliphatic rings. The van der Waals surface area contributed by atoms with Crippen molar-refractivity contribution in [1.29, 1.82) is 0 Å². The fraction of sp³-hybridized carbons (Fsp3) is 0.0714. The standard InChI is InChI=1S/C14H11NO/c15-10-14(16)13-8-6-12(7-9-13)11-4-2-1-3-5-11/h1-9H,10H2. The van der Waals surface area contributed by atoms with Gasteiger partial charge >= 0.3 is 0 Å². The monoisotopic (exact) mass is 209 g/mol. The van der Waals surface area contributed by atoms with E-state index in [1.54, 1.807) is 12.1 Å². The van der Waals surface area contributed by atoms with Crippen LogP contribution in [0.3, 0.4) is 0 Å². The number of carbonyl (C=O) groups is 1. The van der Waals surface area contributed by atoms with E-state index in [9.17, 15) is 4.79 Å². The topological polar surface area (TPSA) is 39.4 Å². The van der Waals surface area contributed by atoms with Crippen LogP contribution in [0.2, 0.25) is 0 Å². The van der Waals surface area contributed by atoms with Gasteiger partial charge in [0, 0.05) is 5.56 Å². The second-order valence-corrected chi connectivity index (χ2v) is 3.52. The van der Waals surface area contributed by atoms with Crippen molar-refractivity contribution in [3.63, 3.8) is 0 Å². The zero-order chi connectivity index (χ0) is 11.4. The van der Waals surface area contributed by atoms with Gasteiger partial charge in [-0.05, 0) is 11.1 Å². The summed E-state index contributed by atoms with van der Waals surface area (Å²) in [5.74, 6) is -0.250. The lowest BCUT2D eigenvalue weighted by molar-refractivity contribution is 0.0999. The summed E-state index contributed by atoms with van der Waals surface area (Å²) in [6, 6.07) is 17.2. The number of hydrogen-bond donors (Lipinski definition) is 0. The van der Waals surface area contributed by atoms with Crippen LogP contribution in [0.5, 0.6) is 0 Å². The summed E-state index contributed by atoms with van der Waals surface area (Å²) >= 11 is 0. The van der Waals surface area contributed by atoms with E-state index in [0.717, 1.165) is 11.1 Å². The predicted molar refractivity (Wildman–Crippen MR) is 63.2 cm³/mol. The average Bonchev–Trinajstić information content (AvgIpc) is 2.39. The van der Waals surface area contributed by atoms with Crippen molar-refractivity contribution in [2.75, 3.05) is 6.54 Å². The number of rotatable bonds is 3. The van der Waals surface area contributed by atoms with Gasteiger partial charge in [0.25, 0.3) is 0 Å². The molecule has 0 N–H and O–H groups in total. The summed E-state index contributed by atoms with van der Waals surface area (Å²) in [6.45, 7) is -0.440. The first-order valence-corrected chi connectivity index (χ1v) is 5.11. The van der Waals surface area contributed by atoms with Gasteiger partial charge in [-0.3, -0.25) is 4.79 Å². The van der Waals surface area contributed by atoms with Gasteiger partial charge in [-0.1, -0.05) is 54.6 Å². The molecule has 0 aliphatic carbocycles. The van der Waals surface area contributed by atoms with E-state index in [-0.39, 0.29) is 5.78 Å². The van der Waals surface area contributed by atoms with E-state index in [2.05, 4.69) is 0 Å². The summed E-state index contributed by atoms with van der Waals surface area (Å²) in [6.07, 6.45) is 0. The average molecular weight is 209 g/mol. The largest absolute Gasteiger partial charge is 0.293 e. The molecule has 2 nitrogen and oxygen atoms in total. The third-order valence-electron chi connectivity index (χ3n) is 2.46. The molecule has 16 heavy (non-hydrogen) atoms. The molecular formula is C14H11NO. The SMILES string of the molecule is [N]CC(=O)c1ccc(-c2ccccc2)cc1. The van der Waals surface area contributed by atoms with Gasteiger partial charge in [0.1, 0.15) is 0 Å². The first-order valence-electron chi connectivity index (χ1n) is 5.11. The van der Waals surface area contributed by atoms with Gasteiger partial charge in [0.2, 0.25) is 0 Å². The Hall–Kier alpha value is -1.93. The predicted octanol–water partition coefficient (Wildman–Crippen LogP) is 2.61. The maximum absolute atomic E-state index is 11.2. The number of hydrogen-bond acceptors (Lipinski definition) is 1. The molecule has 0 aliphatic heterocycles. The van der Waals surface area contributed by atoms with Gasteiger partial charge < -0.3 is 0 Å². The molecule has 0 saturated carbocycles. The van der Waals surface area contributed by atoms with Gasteiger partial charge in [-0.25, -0.2) is 0 Å². The highest BCUT2D eigenvalue weighted by Crippen LogP contribution is 2.19. The van der Waals surface area contributed by atoms with E-state index in [4.69, 9.17) is 5.73 Å². The molecule has 0 fully saturated rings. The summed E-state index contributed by atoms with van der Waals surface area (Å²) < 4.78 is 0. The van der Waals surface area contributed by atoms with Gasteiger partial charge in [0.05, 0.1) is 6.54 Å². The Labute approximate surface area is 94.7 Å². The van der Waals surface area contributed by atoms with Crippen LogP contribution < -0.4 is 5.73 Å². The summed E-state index contributed by atoms with van der Waals surface area (Å²) in [5.41, 5.74) is 11.4. The fourth-order valence-corrected chi connectivity index (χ4v) is 1.57. The van der Waals surface area contributed by atoms with Crippen molar-refractivity contribution in [3.8, 4) is 11.1 Å². The van der Waals surface area contributed by atoms with Crippen LogP contribution in [0, 0.1) is 0 Å². The molecule has 0 spiro atoms. The van der Waals surface area contributed by atoms with Crippen LogP contribution in [0.25, 0.3) is 11.1 Å². The van der Waals surface area contributed by atoms with Crippen LogP contribution in [0.4, 0.5) is 0 Å². The lowest BCUT2D eigenvalue weighted by atomic mass is 10.0. The molecule has 0 unspecified atom stereocenters. The van der Waals surface area contributed by atoms with E-state index in [0.29, 0.717) is 5.56 Å². The van der Waals surface area contributed by atoms with E-state index >= 15 is 0 Å². The van der Waals surface area contributed by atoms with Crippen molar-refractivity contribution in [3.05, 3.63) is 60.2 Å². The minimum Gasteiger partial charge on any atom is -0.293 e. The Morgan fingerprint density at radius 1 is 0.875 bits per heavy atom. The molecule has 2 radical (unpaired) electrons. The molecule has 2 heteroatoms. The molecule has 2 rings (SSSR count). The van der Waals surface area contributed by atoms with Crippen LogP contribution >= 0.6 is 0 Å². The number of carbonyl (C=O) groups excluding carboxylic acids is 1. The highest BCUT2D eigenvalue weighted by atomic mass is 16.1. The zero-order valence-corrected chi connectivity index (χ0v) is 8.76. The number of ketones is 1. The molecule has 0 saturated heterocycles. The number of benzene rings is 2. The van der Waals surface area contributed by atoms with Crippen molar-refractivity contribution < 1.29 is 4.79 Å². The maximum atomic E-state index is 11.2. The lowest BCUT2D eigenvalue weighted by Gasteiger charge is -2.02. The number of Topliss-reactive ketones (excluding diaryl/α,β-unsaturated/α-hetero) is 1. The Kier molecular flexibility index (Phi) is 3.13. The third-order valence-corrected chi connectivity index (χ3v) is 2.46. The van der Waals surface area contributed by atoms with Crippen LogP contribution in [0.1, 0.15) is 10.4 Å². The molecule has 0 amide bonds. The number of nitrogens with zero attached hydrogens (tertiary/aromatic N) is 1. The van der Waals surface area contributed by atoms with Gasteiger partial charge in [-0.15, -0.1) is 5.73 Å². The molecular weight excluding hydrogens is 198 g/mol. The highest BCUT2D eigenvalue weighted by molar-refractivity contribution is 5.97. The highest BCUT2D eigenvalue weighted by Gasteiger charge is 2.03. The Morgan fingerprint density at radius 3 is 2.00 bits per heavy atom. The smallest absolute Gasteiger partial charge is 0.179 e. The van der Waals surface area contributed by atoms with E-state index in [1.807, 2.05) is 42.5 Å². The van der Waals surface area contributed by atoms with Crippen molar-refractivity contribution >= 4 is 5.78 Å². The summed E-state index contributed by atoms with van der Waals surface area (Å²) in [7, 11) is 0.